The Labute approximate surface area is 100 Å². The van der Waals surface area contributed by atoms with Gasteiger partial charge in [0, 0.05) is 0 Å². The molecule has 1 aliphatic heterocycles. The Bertz CT molecular complexity index is 241. The molecule has 0 aromatic heterocycles. The van der Waals surface area contributed by atoms with E-state index in [1.807, 2.05) is 13.8 Å². The second-order valence-corrected chi connectivity index (χ2v) is 9.59. The van der Waals surface area contributed by atoms with Crippen LogP contribution in [0.5, 0.6) is 0 Å². The maximum atomic E-state index is 11.8. The first-order chi connectivity index (χ1) is 7.61. The van der Waals surface area contributed by atoms with Gasteiger partial charge in [-0.25, -0.2) is 0 Å². The minimum Gasteiger partial charge on any atom is -0.465 e. The summed E-state index contributed by atoms with van der Waals surface area (Å²) in [5.41, 5.74) is 0. The van der Waals surface area contributed by atoms with Crippen LogP contribution >= 0.6 is 0 Å². The first-order valence-electron chi connectivity index (χ1n) is 6.54. The standard InChI is InChI=1S/C12H25NO2Si/c1-5-15-12(14)11(4)13-9-8-10-16(13,6-2)7-3/h11H,5-10H2,1-4H3. The van der Waals surface area contributed by atoms with Crippen molar-refractivity contribution in [2.75, 3.05) is 13.2 Å². The first kappa shape index (κ1) is 13.7. The van der Waals surface area contributed by atoms with Crippen molar-refractivity contribution in [3.8, 4) is 0 Å². The van der Waals surface area contributed by atoms with Gasteiger partial charge in [-0.1, -0.05) is 13.8 Å². The van der Waals surface area contributed by atoms with Crippen LogP contribution in [0.4, 0.5) is 0 Å². The number of nitrogens with zero attached hydrogens (tertiary/aromatic N) is 1. The van der Waals surface area contributed by atoms with Crippen LogP contribution < -0.4 is 0 Å². The van der Waals surface area contributed by atoms with E-state index in [4.69, 9.17) is 4.74 Å². The van der Waals surface area contributed by atoms with Gasteiger partial charge in [-0.05, 0) is 44.9 Å². The van der Waals surface area contributed by atoms with E-state index in [-0.39, 0.29) is 12.0 Å². The molecule has 1 fully saturated rings. The van der Waals surface area contributed by atoms with Gasteiger partial charge in [0.05, 0.1) is 12.6 Å². The normalized spacial score (nSPS) is 22.0. The van der Waals surface area contributed by atoms with E-state index in [1.54, 1.807) is 0 Å². The van der Waals surface area contributed by atoms with E-state index in [0.717, 1.165) is 6.54 Å². The highest BCUT2D eigenvalue weighted by Gasteiger charge is 2.44. The van der Waals surface area contributed by atoms with Crippen molar-refractivity contribution in [3.05, 3.63) is 0 Å². The molecule has 1 aliphatic rings. The molecule has 1 rings (SSSR count). The molecule has 0 radical (unpaired) electrons. The van der Waals surface area contributed by atoms with Gasteiger partial charge in [0.25, 0.3) is 0 Å². The summed E-state index contributed by atoms with van der Waals surface area (Å²) >= 11 is 0. The minimum atomic E-state index is -1.33. The largest absolute Gasteiger partial charge is 0.465 e. The third-order valence-electron chi connectivity index (χ3n) is 4.06. The lowest BCUT2D eigenvalue weighted by Crippen LogP contribution is -2.54. The zero-order chi connectivity index (χ0) is 12.2. The molecule has 4 heteroatoms. The predicted octanol–water partition coefficient (Wildman–Crippen LogP) is 2.63. The molecular weight excluding hydrogens is 218 g/mol. The fraction of sp³-hybridized carbons (Fsp3) is 0.917. The third-order valence-corrected chi connectivity index (χ3v) is 9.81. The fourth-order valence-corrected chi connectivity index (χ4v) is 7.65. The molecule has 1 atom stereocenters. The lowest BCUT2D eigenvalue weighted by atomic mass is 10.3. The monoisotopic (exact) mass is 243 g/mol. The van der Waals surface area contributed by atoms with Gasteiger partial charge < -0.3 is 9.30 Å². The van der Waals surface area contributed by atoms with E-state index in [1.165, 1.54) is 24.6 Å². The van der Waals surface area contributed by atoms with Crippen molar-refractivity contribution in [2.24, 2.45) is 0 Å². The summed E-state index contributed by atoms with van der Waals surface area (Å²) in [4.78, 5) is 11.8. The average molecular weight is 243 g/mol. The van der Waals surface area contributed by atoms with Crippen molar-refractivity contribution in [2.45, 2.75) is 58.3 Å². The summed E-state index contributed by atoms with van der Waals surface area (Å²) in [7, 11) is -1.33. The van der Waals surface area contributed by atoms with Crippen molar-refractivity contribution >= 4 is 14.2 Å². The van der Waals surface area contributed by atoms with Crippen LogP contribution in [0.2, 0.25) is 18.1 Å². The maximum Gasteiger partial charge on any atom is 0.322 e. The number of hydrogen-bond donors (Lipinski definition) is 0. The predicted molar refractivity (Wildman–Crippen MR) is 68.9 cm³/mol. The molecule has 94 valence electrons. The molecular formula is C12H25NO2Si. The van der Waals surface area contributed by atoms with Crippen LogP contribution in [0.15, 0.2) is 0 Å². The summed E-state index contributed by atoms with van der Waals surface area (Å²) in [6.45, 7) is 10.0. The highest BCUT2D eigenvalue weighted by Crippen LogP contribution is 2.34. The molecule has 0 N–H and O–H groups in total. The van der Waals surface area contributed by atoms with Crippen molar-refractivity contribution in [1.82, 2.24) is 4.57 Å². The van der Waals surface area contributed by atoms with Crippen LogP contribution in [0.3, 0.4) is 0 Å². The van der Waals surface area contributed by atoms with Crippen LogP contribution in [0, 0.1) is 0 Å². The Morgan fingerprint density at radius 2 is 2.00 bits per heavy atom. The number of carbonyl (C=O) groups excluding carboxylic acids is 1. The molecule has 16 heavy (non-hydrogen) atoms. The number of ether oxygens (including phenoxy) is 1. The number of carbonyl (C=O) groups is 1. The maximum absolute atomic E-state index is 11.8. The summed E-state index contributed by atoms with van der Waals surface area (Å²) in [5.74, 6) is -0.0387. The molecule has 0 saturated carbocycles. The summed E-state index contributed by atoms with van der Waals surface area (Å²) in [6.07, 6.45) is 1.26. The molecule has 0 aromatic rings. The van der Waals surface area contributed by atoms with E-state index in [2.05, 4.69) is 18.4 Å². The molecule has 1 heterocycles. The SMILES string of the molecule is CCOC(=O)C(C)N1CCC[Si]1(CC)CC. The van der Waals surface area contributed by atoms with Gasteiger partial charge in [0.2, 0.25) is 0 Å². The number of esters is 1. The van der Waals surface area contributed by atoms with Gasteiger partial charge in [0.15, 0.2) is 0 Å². The molecule has 0 aromatic carbocycles. The van der Waals surface area contributed by atoms with Gasteiger partial charge >= 0.3 is 5.97 Å². The van der Waals surface area contributed by atoms with Crippen LogP contribution in [-0.2, 0) is 9.53 Å². The van der Waals surface area contributed by atoms with Crippen molar-refractivity contribution in [1.29, 1.82) is 0 Å². The zero-order valence-electron chi connectivity index (χ0n) is 11.1. The number of hydrogen-bond acceptors (Lipinski definition) is 3. The topological polar surface area (TPSA) is 29.5 Å². The fourth-order valence-electron chi connectivity index (χ4n) is 2.96. The van der Waals surface area contributed by atoms with Gasteiger partial charge in [-0.15, -0.1) is 0 Å². The van der Waals surface area contributed by atoms with E-state index in [0.29, 0.717) is 6.61 Å². The van der Waals surface area contributed by atoms with Crippen molar-refractivity contribution < 1.29 is 9.53 Å². The van der Waals surface area contributed by atoms with Crippen LogP contribution in [0.25, 0.3) is 0 Å². The van der Waals surface area contributed by atoms with Crippen LogP contribution in [0.1, 0.15) is 34.1 Å². The quantitative estimate of drug-likeness (QED) is 0.549. The molecule has 0 aliphatic carbocycles. The Morgan fingerprint density at radius 3 is 2.50 bits per heavy atom. The van der Waals surface area contributed by atoms with E-state index >= 15 is 0 Å². The molecule has 0 amide bonds. The molecule has 1 unspecified atom stereocenters. The van der Waals surface area contributed by atoms with Gasteiger partial charge in [-0.3, -0.25) is 4.79 Å². The summed E-state index contributed by atoms with van der Waals surface area (Å²) < 4.78 is 7.63. The molecule has 1 saturated heterocycles. The molecule has 3 nitrogen and oxygen atoms in total. The van der Waals surface area contributed by atoms with Crippen molar-refractivity contribution in [3.63, 3.8) is 0 Å². The second kappa shape index (κ2) is 5.82. The van der Waals surface area contributed by atoms with E-state index < -0.39 is 8.24 Å². The minimum absolute atomic E-state index is 0.0333. The third kappa shape index (κ3) is 2.48. The smallest absolute Gasteiger partial charge is 0.322 e. The Balaban J connectivity index is 2.74. The first-order valence-corrected chi connectivity index (χ1v) is 9.11. The highest BCUT2D eigenvalue weighted by molar-refractivity contribution is 6.77. The summed E-state index contributed by atoms with van der Waals surface area (Å²) in [5, 5.41) is 0. The van der Waals surface area contributed by atoms with E-state index in [9.17, 15) is 4.79 Å². The lowest BCUT2D eigenvalue weighted by molar-refractivity contribution is -0.147. The van der Waals surface area contributed by atoms with Gasteiger partial charge in [-0.2, -0.15) is 0 Å². The Hall–Kier alpha value is -0.353. The molecule has 0 bridgehead atoms. The summed E-state index contributed by atoms with van der Waals surface area (Å²) in [6, 6.07) is 3.83. The molecule has 0 spiro atoms. The second-order valence-electron chi connectivity index (χ2n) is 4.66. The van der Waals surface area contributed by atoms with Crippen LogP contribution in [-0.4, -0.2) is 38.0 Å². The average Bonchev–Trinajstić information content (AvgIpc) is 2.72. The zero-order valence-corrected chi connectivity index (χ0v) is 12.1. The number of rotatable bonds is 5. The Morgan fingerprint density at radius 1 is 1.38 bits per heavy atom. The highest BCUT2D eigenvalue weighted by atomic mass is 28.3. The van der Waals surface area contributed by atoms with Gasteiger partial charge in [0.1, 0.15) is 8.24 Å². The lowest BCUT2D eigenvalue weighted by Gasteiger charge is -2.38. The Kier molecular flexibility index (Phi) is 4.99.